The molecule has 1 unspecified atom stereocenters. The van der Waals surface area contributed by atoms with E-state index in [1.807, 2.05) is 0 Å². The zero-order valence-electron chi connectivity index (χ0n) is 8.26. The molecule has 1 N–H and O–H groups in total. The number of esters is 1. The maximum atomic E-state index is 11.0. The van der Waals surface area contributed by atoms with Gasteiger partial charge in [0.05, 0.1) is 22.3 Å². The Morgan fingerprint density at radius 1 is 1.27 bits per heavy atom. The Balaban J connectivity index is 3.91. The number of hydrogen-bond acceptors (Lipinski definition) is 5. The Bertz CT molecular complexity index is 252. The van der Waals surface area contributed by atoms with Gasteiger partial charge in [0.15, 0.2) is 6.10 Å². The fraction of sp³-hybridized carbons (Fsp3) is 0.625. The quantitative estimate of drug-likeness (QED) is 0.533. The van der Waals surface area contributed by atoms with Gasteiger partial charge in [-0.3, -0.25) is 9.59 Å². The molecular formula is C8H13O6P. The van der Waals surface area contributed by atoms with E-state index in [0.29, 0.717) is 0 Å². The smallest absolute Gasteiger partial charge is 0.345 e. The lowest BCUT2D eigenvalue weighted by molar-refractivity contribution is -0.164. The number of carboxylic acid groups (broad SMARTS) is 1. The van der Waals surface area contributed by atoms with Crippen molar-refractivity contribution in [3.05, 3.63) is 0 Å². The van der Waals surface area contributed by atoms with Crippen molar-refractivity contribution in [3.63, 3.8) is 0 Å². The Morgan fingerprint density at radius 2 is 1.80 bits per heavy atom. The molecular weight excluding hydrogens is 223 g/mol. The molecule has 0 saturated heterocycles. The van der Waals surface area contributed by atoms with E-state index in [9.17, 15) is 14.4 Å². The first kappa shape index (κ1) is 13.8. The van der Waals surface area contributed by atoms with Gasteiger partial charge in [-0.15, -0.1) is 0 Å². The van der Waals surface area contributed by atoms with Gasteiger partial charge in [-0.1, -0.05) is 6.92 Å². The Labute approximate surface area is 89.2 Å². The highest BCUT2D eigenvalue weighted by molar-refractivity contribution is 7.10. The third kappa shape index (κ3) is 6.01. The fourth-order valence-corrected chi connectivity index (χ4v) is 0.907. The summed E-state index contributed by atoms with van der Waals surface area (Å²) in [7, 11) is 1.76. The minimum Gasteiger partial charge on any atom is -0.479 e. The van der Waals surface area contributed by atoms with E-state index in [1.54, 1.807) is 16.4 Å². The second-order valence-corrected chi connectivity index (χ2v) is 2.95. The molecule has 0 aromatic rings. The van der Waals surface area contributed by atoms with Crippen molar-refractivity contribution in [2.24, 2.45) is 0 Å². The molecule has 2 atom stereocenters. The molecule has 0 spiro atoms. The van der Waals surface area contributed by atoms with E-state index >= 15 is 0 Å². The van der Waals surface area contributed by atoms with Gasteiger partial charge < -0.3 is 14.4 Å². The molecule has 0 aliphatic carbocycles. The summed E-state index contributed by atoms with van der Waals surface area (Å²) in [5.74, 6) is -2.49. The first-order valence-corrected chi connectivity index (χ1v) is 4.80. The monoisotopic (exact) mass is 236 g/mol. The average Bonchev–Trinajstić information content (AvgIpc) is 2.21. The summed E-state index contributed by atoms with van der Waals surface area (Å²) in [5.41, 5.74) is 0. The van der Waals surface area contributed by atoms with E-state index in [4.69, 9.17) is 5.11 Å². The third-order valence-electron chi connectivity index (χ3n) is 1.58. The van der Waals surface area contributed by atoms with Crippen LogP contribution in [-0.4, -0.2) is 29.1 Å². The summed E-state index contributed by atoms with van der Waals surface area (Å²) in [6.45, 7) is 1.59. The van der Waals surface area contributed by atoms with Crippen molar-refractivity contribution in [1.29, 1.82) is 0 Å². The summed E-state index contributed by atoms with van der Waals surface area (Å²) in [4.78, 5) is 32.2. The molecule has 0 amide bonds. The summed E-state index contributed by atoms with van der Waals surface area (Å²) in [6, 6.07) is 0. The van der Waals surface area contributed by atoms with Crippen LogP contribution in [0, 0.1) is 0 Å². The summed E-state index contributed by atoms with van der Waals surface area (Å²) >= 11 is 0. The van der Waals surface area contributed by atoms with Gasteiger partial charge in [-0.25, -0.2) is 4.79 Å². The number of carbonyl (C=O) groups excluding carboxylic acids is 2. The summed E-state index contributed by atoms with van der Waals surface area (Å²) < 4.78 is 8.84. The second kappa shape index (κ2) is 7.17. The molecule has 0 fully saturated rings. The Morgan fingerprint density at radius 3 is 2.20 bits per heavy atom. The van der Waals surface area contributed by atoms with Gasteiger partial charge in [0.25, 0.3) is 0 Å². The molecule has 0 aromatic heterocycles. The van der Waals surface area contributed by atoms with Crippen molar-refractivity contribution in [1.82, 2.24) is 0 Å². The molecule has 0 aliphatic rings. The largest absolute Gasteiger partial charge is 0.479 e. The molecule has 0 saturated carbocycles. The number of hydrogen-bond donors (Lipinski definition) is 1. The van der Waals surface area contributed by atoms with Gasteiger partial charge in [-0.05, 0) is 6.42 Å². The molecule has 0 aromatic carbocycles. The Kier molecular flexibility index (Phi) is 6.62. The highest BCUT2D eigenvalue weighted by atomic mass is 31.0. The standard InChI is InChI=1S/C8H13O6P/c1-2-5(8(11)12)13-6(9)3-4-7(10)14-15/h5H,2-4,15H2,1H3,(H,11,12)/t5-/m1/s1. The minimum atomic E-state index is -1.19. The lowest BCUT2D eigenvalue weighted by Gasteiger charge is -2.10. The highest BCUT2D eigenvalue weighted by Crippen LogP contribution is 2.04. The fourth-order valence-electron chi connectivity index (χ4n) is 0.789. The van der Waals surface area contributed by atoms with E-state index in [-0.39, 0.29) is 19.3 Å². The molecule has 0 rings (SSSR count). The number of carbonyl (C=O) groups is 3. The highest BCUT2D eigenvalue weighted by Gasteiger charge is 2.20. The first-order valence-electron chi connectivity index (χ1n) is 4.33. The lowest BCUT2D eigenvalue weighted by Crippen LogP contribution is -2.26. The SMILES string of the molecule is CC[C@@H](OC(=O)CCC(=O)OP)C(=O)O. The number of ether oxygens (including phenoxy) is 1. The van der Waals surface area contributed by atoms with Crippen LogP contribution in [-0.2, 0) is 23.6 Å². The van der Waals surface area contributed by atoms with Crippen LogP contribution in [0.4, 0.5) is 0 Å². The van der Waals surface area contributed by atoms with Crippen molar-refractivity contribution in [2.75, 3.05) is 0 Å². The Hall–Kier alpha value is -1.16. The third-order valence-corrected chi connectivity index (χ3v) is 1.85. The lowest BCUT2D eigenvalue weighted by atomic mass is 10.2. The van der Waals surface area contributed by atoms with Crippen LogP contribution >= 0.6 is 9.47 Å². The van der Waals surface area contributed by atoms with E-state index in [0.717, 1.165) is 0 Å². The average molecular weight is 236 g/mol. The maximum Gasteiger partial charge on any atom is 0.345 e. The molecule has 0 bridgehead atoms. The van der Waals surface area contributed by atoms with Gasteiger partial charge in [0.1, 0.15) is 0 Å². The van der Waals surface area contributed by atoms with Crippen molar-refractivity contribution in [3.8, 4) is 0 Å². The van der Waals surface area contributed by atoms with Gasteiger partial charge in [0, 0.05) is 0 Å². The molecule has 6 nitrogen and oxygen atoms in total. The minimum absolute atomic E-state index is 0.127. The first-order chi connectivity index (χ1) is 7.01. The number of aliphatic carboxylic acids is 1. The van der Waals surface area contributed by atoms with Crippen molar-refractivity contribution < 1.29 is 28.8 Å². The topological polar surface area (TPSA) is 89.9 Å². The molecule has 0 heterocycles. The van der Waals surface area contributed by atoms with Gasteiger partial charge in [-0.2, -0.15) is 0 Å². The van der Waals surface area contributed by atoms with E-state index < -0.39 is 24.0 Å². The van der Waals surface area contributed by atoms with Crippen LogP contribution in [0.1, 0.15) is 26.2 Å². The van der Waals surface area contributed by atoms with Crippen LogP contribution in [0.3, 0.4) is 0 Å². The van der Waals surface area contributed by atoms with Crippen LogP contribution in [0.25, 0.3) is 0 Å². The predicted molar refractivity (Wildman–Crippen MR) is 52.8 cm³/mol. The number of carboxylic acids is 1. The molecule has 0 radical (unpaired) electrons. The van der Waals surface area contributed by atoms with Gasteiger partial charge >= 0.3 is 17.9 Å². The van der Waals surface area contributed by atoms with E-state index in [2.05, 4.69) is 9.26 Å². The predicted octanol–water partition coefficient (Wildman–Crippen LogP) is 0.506. The van der Waals surface area contributed by atoms with Crippen LogP contribution in [0.15, 0.2) is 0 Å². The molecule has 15 heavy (non-hydrogen) atoms. The zero-order valence-corrected chi connectivity index (χ0v) is 9.42. The van der Waals surface area contributed by atoms with Crippen LogP contribution < -0.4 is 0 Å². The summed E-state index contributed by atoms with van der Waals surface area (Å²) in [6.07, 6.45) is -1.27. The maximum absolute atomic E-state index is 11.0. The van der Waals surface area contributed by atoms with Crippen LogP contribution in [0.5, 0.6) is 0 Å². The molecule has 86 valence electrons. The number of rotatable bonds is 6. The second-order valence-electron chi connectivity index (χ2n) is 2.71. The molecule has 0 aliphatic heterocycles. The normalized spacial score (nSPS) is 11.6. The van der Waals surface area contributed by atoms with Crippen molar-refractivity contribution in [2.45, 2.75) is 32.3 Å². The zero-order chi connectivity index (χ0) is 11.8. The molecule has 7 heteroatoms. The summed E-state index contributed by atoms with van der Waals surface area (Å²) in [5, 5.41) is 8.57. The van der Waals surface area contributed by atoms with Crippen molar-refractivity contribution >= 4 is 27.4 Å². The van der Waals surface area contributed by atoms with E-state index in [1.165, 1.54) is 0 Å². The van der Waals surface area contributed by atoms with Crippen LogP contribution in [0.2, 0.25) is 0 Å². The van der Waals surface area contributed by atoms with Gasteiger partial charge in [0.2, 0.25) is 0 Å².